The summed E-state index contributed by atoms with van der Waals surface area (Å²) >= 11 is 14.3. The minimum absolute atomic E-state index is 0.166. The first kappa shape index (κ1) is 13.2. The molecule has 2 rings (SSSR count). The Kier molecular flexibility index (Phi) is 4.11. The van der Waals surface area contributed by atoms with Gasteiger partial charge in [0.25, 0.3) is 0 Å². The van der Waals surface area contributed by atoms with Crippen LogP contribution in [0.25, 0.3) is 0 Å². The summed E-state index contributed by atoms with van der Waals surface area (Å²) in [5.74, 6) is 0.748. The Morgan fingerprint density at radius 3 is 2.89 bits per heavy atom. The third-order valence-electron chi connectivity index (χ3n) is 2.04. The molecule has 0 radical (unpaired) electrons. The SMILES string of the molecule is NC(=S)c1cncnc1Oc1ccc(Br)cc1Cl. The molecule has 0 atom stereocenters. The summed E-state index contributed by atoms with van der Waals surface area (Å²) in [7, 11) is 0. The standard InChI is InChI=1S/C11H7BrClN3OS/c12-6-1-2-9(8(13)3-6)17-11-7(10(14)18)4-15-5-16-11/h1-5H,(H2,14,18). The maximum atomic E-state index is 6.05. The van der Waals surface area contributed by atoms with Crippen LogP contribution < -0.4 is 10.5 Å². The van der Waals surface area contributed by atoms with E-state index in [0.29, 0.717) is 16.3 Å². The zero-order valence-electron chi connectivity index (χ0n) is 8.93. The van der Waals surface area contributed by atoms with Crippen molar-refractivity contribution in [3.8, 4) is 11.6 Å². The number of thiocarbonyl (C=S) groups is 1. The van der Waals surface area contributed by atoms with E-state index >= 15 is 0 Å². The van der Waals surface area contributed by atoms with Crippen molar-refractivity contribution in [3.05, 3.63) is 45.8 Å². The lowest BCUT2D eigenvalue weighted by Crippen LogP contribution is -2.12. The average Bonchev–Trinajstić information content (AvgIpc) is 2.33. The molecule has 4 nitrogen and oxygen atoms in total. The Hall–Kier alpha value is -1.24. The van der Waals surface area contributed by atoms with Gasteiger partial charge in [0.2, 0.25) is 5.88 Å². The highest BCUT2D eigenvalue weighted by atomic mass is 79.9. The molecule has 1 aromatic heterocycles. The van der Waals surface area contributed by atoms with Gasteiger partial charge < -0.3 is 10.5 Å². The molecule has 7 heteroatoms. The van der Waals surface area contributed by atoms with Gasteiger partial charge in [-0.1, -0.05) is 39.7 Å². The Bertz CT molecular complexity index is 609. The molecule has 1 aromatic carbocycles. The number of aromatic nitrogens is 2. The first-order valence-electron chi connectivity index (χ1n) is 4.80. The Morgan fingerprint density at radius 2 is 2.22 bits per heavy atom. The summed E-state index contributed by atoms with van der Waals surface area (Å²) in [6.07, 6.45) is 2.85. The second-order valence-corrected chi connectivity index (χ2v) is 5.05. The molecule has 0 spiro atoms. The van der Waals surface area contributed by atoms with Crippen LogP contribution >= 0.6 is 39.7 Å². The van der Waals surface area contributed by atoms with E-state index in [-0.39, 0.29) is 10.9 Å². The molecule has 0 bridgehead atoms. The largest absolute Gasteiger partial charge is 0.437 e. The van der Waals surface area contributed by atoms with Crippen LogP contribution in [0.3, 0.4) is 0 Å². The molecule has 92 valence electrons. The minimum Gasteiger partial charge on any atom is -0.437 e. The van der Waals surface area contributed by atoms with Crippen molar-refractivity contribution in [2.45, 2.75) is 0 Å². The van der Waals surface area contributed by atoms with E-state index in [0.717, 1.165) is 4.47 Å². The van der Waals surface area contributed by atoms with Gasteiger partial charge in [-0.05, 0) is 18.2 Å². The molecule has 0 amide bonds. The van der Waals surface area contributed by atoms with Crippen molar-refractivity contribution in [3.63, 3.8) is 0 Å². The Morgan fingerprint density at radius 1 is 1.44 bits per heavy atom. The van der Waals surface area contributed by atoms with Crippen LogP contribution in [0.4, 0.5) is 0 Å². The number of hydrogen-bond acceptors (Lipinski definition) is 4. The maximum absolute atomic E-state index is 6.05. The van der Waals surface area contributed by atoms with E-state index in [2.05, 4.69) is 25.9 Å². The minimum atomic E-state index is 0.166. The van der Waals surface area contributed by atoms with Crippen LogP contribution in [-0.4, -0.2) is 15.0 Å². The van der Waals surface area contributed by atoms with Gasteiger partial charge >= 0.3 is 0 Å². The third-order valence-corrected chi connectivity index (χ3v) is 3.05. The normalized spacial score (nSPS) is 10.1. The van der Waals surface area contributed by atoms with Gasteiger partial charge in [-0.2, -0.15) is 0 Å². The second-order valence-electron chi connectivity index (χ2n) is 3.28. The quantitative estimate of drug-likeness (QED) is 0.866. The summed E-state index contributed by atoms with van der Waals surface area (Å²) in [6.45, 7) is 0. The van der Waals surface area contributed by atoms with Crippen LogP contribution in [0.5, 0.6) is 11.6 Å². The molecule has 2 aromatic rings. The number of nitrogens with two attached hydrogens (primary N) is 1. The molecule has 0 fully saturated rings. The lowest BCUT2D eigenvalue weighted by molar-refractivity contribution is 0.460. The predicted molar refractivity (Wildman–Crippen MR) is 77.1 cm³/mol. The third kappa shape index (κ3) is 2.95. The van der Waals surface area contributed by atoms with Crippen LogP contribution in [0, 0.1) is 0 Å². The van der Waals surface area contributed by atoms with Crippen molar-refractivity contribution in [1.29, 1.82) is 0 Å². The first-order valence-corrected chi connectivity index (χ1v) is 6.38. The lowest BCUT2D eigenvalue weighted by atomic mass is 10.3. The lowest BCUT2D eigenvalue weighted by Gasteiger charge is -2.09. The van der Waals surface area contributed by atoms with Crippen LogP contribution in [0.1, 0.15) is 5.56 Å². The molecule has 0 aliphatic heterocycles. The monoisotopic (exact) mass is 343 g/mol. The van der Waals surface area contributed by atoms with Gasteiger partial charge in [0.05, 0.1) is 10.6 Å². The van der Waals surface area contributed by atoms with Gasteiger partial charge in [0.1, 0.15) is 17.1 Å². The van der Waals surface area contributed by atoms with Crippen LogP contribution in [0.15, 0.2) is 35.2 Å². The van der Waals surface area contributed by atoms with E-state index in [1.807, 2.05) is 6.07 Å². The molecule has 0 saturated carbocycles. The molecule has 1 heterocycles. The van der Waals surface area contributed by atoms with Crippen molar-refractivity contribution in [1.82, 2.24) is 9.97 Å². The summed E-state index contributed by atoms with van der Waals surface area (Å²) in [5, 5.41) is 0.455. The molecular formula is C11H7BrClN3OS. The molecule has 0 aliphatic rings. The zero-order valence-corrected chi connectivity index (χ0v) is 12.1. The number of rotatable bonds is 3. The van der Waals surface area contributed by atoms with Gasteiger partial charge in [-0.15, -0.1) is 0 Å². The first-order chi connectivity index (χ1) is 8.58. The highest BCUT2D eigenvalue weighted by Crippen LogP contribution is 2.31. The number of hydrogen-bond donors (Lipinski definition) is 1. The molecule has 2 N–H and O–H groups in total. The van der Waals surface area contributed by atoms with Gasteiger partial charge in [-0.3, -0.25) is 0 Å². The fraction of sp³-hybridized carbons (Fsp3) is 0. The van der Waals surface area contributed by atoms with Crippen molar-refractivity contribution < 1.29 is 4.74 Å². The van der Waals surface area contributed by atoms with E-state index in [1.165, 1.54) is 12.5 Å². The highest BCUT2D eigenvalue weighted by molar-refractivity contribution is 9.10. The van der Waals surface area contributed by atoms with E-state index in [9.17, 15) is 0 Å². The number of nitrogens with zero attached hydrogens (tertiary/aromatic N) is 2. The number of benzene rings is 1. The highest BCUT2D eigenvalue weighted by Gasteiger charge is 2.11. The molecular weight excluding hydrogens is 338 g/mol. The fourth-order valence-electron chi connectivity index (χ4n) is 1.23. The summed E-state index contributed by atoms with van der Waals surface area (Å²) < 4.78 is 6.44. The number of ether oxygens (including phenoxy) is 1. The predicted octanol–water partition coefficient (Wildman–Crippen LogP) is 3.32. The van der Waals surface area contributed by atoms with Gasteiger partial charge in [-0.25, -0.2) is 9.97 Å². The fourth-order valence-corrected chi connectivity index (χ4v) is 2.08. The summed E-state index contributed by atoms with van der Waals surface area (Å²) in [5.41, 5.74) is 6.03. The van der Waals surface area contributed by atoms with Gasteiger partial charge in [0.15, 0.2) is 0 Å². The summed E-state index contributed by atoms with van der Waals surface area (Å²) in [6, 6.07) is 5.25. The van der Waals surface area contributed by atoms with Crippen molar-refractivity contribution >= 4 is 44.7 Å². The zero-order chi connectivity index (χ0) is 13.1. The Labute approximate surface area is 122 Å². The van der Waals surface area contributed by atoms with Crippen LogP contribution in [-0.2, 0) is 0 Å². The molecule has 0 aliphatic carbocycles. The number of halogens is 2. The summed E-state index contributed by atoms with van der Waals surface area (Å²) in [4.78, 5) is 8.00. The van der Waals surface area contributed by atoms with Crippen molar-refractivity contribution in [2.24, 2.45) is 5.73 Å². The van der Waals surface area contributed by atoms with E-state index in [1.54, 1.807) is 12.1 Å². The van der Waals surface area contributed by atoms with Crippen LogP contribution in [0.2, 0.25) is 5.02 Å². The van der Waals surface area contributed by atoms with E-state index in [4.69, 9.17) is 34.3 Å². The second kappa shape index (κ2) is 5.60. The maximum Gasteiger partial charge on any atom is 0.232 e. The van der Waals surface area contributed by atoms with E-state index < -0.39 is 0 Å². The molecule has 0 saturated heterocycles. The average molecular weight is 345 g/mol. The smallest absolute Gasteiger partial charge is 0.232 e. The molecule has 0 unspecified atom stereocenters. The van der Waals surface area contributed by atoms with Crippen molar-refractivity contribution in [2.75, 3.05) is 0 Å². The molecule has 18 heavy (non-hydrogen) atoms. The topological polar surface area (TPSA) is 61.0 Å². The van der Waals surface area contributed by atoms with Gasteiger partial charge in [0, 0.05) is 10.7 Å². The Balaban J connectivity index is 2.37.